The van der Waals surface area contributed by atoms with Crippen LogP contribution in [0.5, 0.6) is 5.75 Å². The Morgan fingerprint density at radius 1 is 1.23 bits per heavy atom. The number of aliphatic hydroxyl groups is 1. The van der Waals surface area contributed by atoms with Crippen LogP contribution in [0.25, 0.3) is 0 Å². The first-order chi connectivity index (χ1) is 14.4. The van der Waals surface area contributed by atoms with Gasteiger partial charge in [0.25, 0.3) is 5.91 Å². The largest absolute Gasteiger partial charge is 0.496 e. The molecule has 160 valence electrons. The molecule has 1 aliphatic heterocycles. The molecule has 0 aliphatic carbocycles. The Bertz CT molecular complexity index is 881. The van der Waals surface area contributed by atoms with Gasteiger partial charge >= 0.3 is 0 Å². The van der Waals surface area contributed by atoms with Crippen molar-refractivity contribution in [2.45, 2.75) is 26.0 Å². The number of nitrogens with one attached hydrogen (secondary N) is 1. The number of amides is 2. The molecule has 1 heterocycles. The number of carbonyl (C=O) groups is 2. The van der Waals surface area contributed by atoms with Gasteiger partial charge in [-0.05, 0) is 35.7 Å². The molecule has 0 saturated carbocycles. The second-order valence-corrected chi connectivity index (χ2v) is 7.74. The number of methoxy groups -OCH3 is 1. The zero-order valence-electron chi connectivity index (χ0n) is 17.5. The molecule has 2 aromatic carbocycles. The molecule has 7 heteroatoms. The van der Waals surface area contributed by atoms with Crippen molar-refractivity contribution in [1.29, 1.82) is 0 Å². The van der Waals surface area contributed by atoms with E-state index in [1.165, 1.54) is 7.11 Å². The van der Waals surface area contributed by atoms with Crippen LogP contribution in [0.2, 0.25) is 0 Å². The maximum absolute atomic E-state index is 12.5. The molecule has 2 atom stereocenters. The van der Waals surface area contributed by atoms with Crippen LogP contribution in [-0.4, -0.2) is 54.7 Å². The standard InChI is InChI=1S/C23H28N2O5/c1-15(2)12-25-19(13-30-14-21(25)26)22(27)16-8-10-17(11-9-16)24-23(28)18-6-4-5-7-20(18)29-3/h4-11,15,19,22,27H,12-14H2,1-3H3,(H,24,28)/t19-,22-/m1/s1. The van der Waals surface area contributed by atoms with Crippen LogP contribution in [0.15, 0.2) is 48.5 Å². The lowest BCUT2D eigenvalue weighted by molar-refractivity contribution is -0.155. The second kappa shape index (κ2) is 9.73. The first-order valence-corrected chi connectivity index (χ1v) is 10.00. The van der Waals surface area contributed by atoms with E-state index in [-0.39, 0.29) is 30.9 Å². The summed E-state index contributed by atoms with van der Waals surface area (Å²) >= 11 is 0. The van der Waals surface area contributed by atoms with Gasteiger partial charge in [-0.1, -0.05) is 38.1 Å². The summed E-state index contributed by atoms with van der Waals surface area (Å²) in [5, 5.41) is 13.7. The predicted octanol–water partition coefficient (Wildman–Crippen LogP) is 2.86. The molecule has 0 spiro atoms. The fourth-order valence-electron chi connectivity index (χ4n) is 3.53. The zero-order valence-corrected chi connectivity index (χ0v) is 17.5. The summed E-state index contributed by atoms with van der Waals surface area (Å²) in [6.45, 7) is 4.96. The van der Waals surface area contributed by atoms with Gasteiger partial charge in [-0.2, -0.15) is 0 Å². The molecular formula is C23H28N2O5. The first kappa shape index (κ1) is 21.8. The number of anilines is 1. The summed E-state index contributed by atoms with van der Waals surface area (Å²) in [4.78, 5) is 26.5. The van der Waals surface area contributed by atoms with Crippen LogP contribution in [0, 0.1) is 5.92 Å². The Morgan fingerprint density at radius 3 is 2.60 bits per heavy atom. The Balaban J connectivity index is 1.71. The molecule has 1 fully saturated rings. The number of nitrogens with zero attached hydrogens (tertiary/aromatic N) is 1. The molecule has 1 saturated heterocycles. The van der Waals surface area contributed by atoms with Gasteiger partial charge in [0, 0.05) is 12.2 Å². The molecule has 2 aromatic rings. The van der Waals surface area contributed by atoms with E-state index in [0.717, 1.165) is 0 Å². The van der Waals surface area contributed by atoms with E-state index in [1.807, 2.05) is 13.8 Å². The van der Waals surface area contributed by atoms with Crippen molar-refractivity contribution < 1.29 is 24.2 Å². The average molecular weight is 412 g/mol. The number of para-hydroxylation sites is 1. The maximum Gasteiger partial charge on any atom is 0.259 e. The Labute approximate surface area is 176 Å². The van der Waals surface area contributed by atoms with Gasteiger partial charge in [0.2, 0.25) is 5.91 Å². The van der Waals surface area contributed by atoms with E-state index in [2.05, 4.69) is 5.32 Å². The fraction of sp³-hybridized carbons (Fsp3) is 0.391. The van der Waals surface area contributed by atoms with Crippen LogP contribution in [0.3, 0.4) is 0 Å². The number of carbonyl (C=O) groups excluding carboxylic acids is 2. The minimum absolute atomic E-state index is 0.0455. The maximum atomic E-state index is 12.5. The minimum Gasteiger partial charge on any atom is -0.496 e. The van der Waals surface area contributed by atoms with E-state index in [0.29, 0.717) is 29.1 Å². The lowest BCUT2D eigenvalue weighted by Crippen LogP contribution is -2.53. The molecule has 7 nitrogen and oxygen atoms in total. The summed E-state index contributed by atoms with van der Waals surface area (Å²) in [6.07, 6.45) is -0.882. The summed E-state index contributed by atoms with van der Waals surface area (Å²) in [6, 6.07) is 13.5. The monoisotopic (exact) mass is 412 g/mol. The predicted molar refractivity (Wildman–Crippen MR) is 114 cm³/mol. The van der Waals surface area contributed by atoms with E-state index >= 15 is 0 Å². The summed E-state index contributed by atoms with van der Waals surface area (Å²) in [7, 11) is 1.52. The molecule has 2 N–H and O–H groups in total. The van der Waals surface area contributed by atoms with E-state index < -0.39 is 12.1 Å². The van der Waals surface area contributed by atoms with Gasteiger partial charge in [-0.15, -0.1) is 0 Å². The molecule has 0 radical (unpaired) electrons. The van der Waals surface area contributed by atoms with Crippen LogP contribution in [-0.2, 0) is 9.53 Å². The Morgan fingerprint density at radius 2 is 1.93 bits per heavy atom. The molecule has 0 unspecified atom stereocenters. The van der Waals surface area contributed by atoms with Crippen molar-refractivity contribution >= 4 is 17.5 Å². The SMILES string of the molecule is COc1ccccc1C(=O)Nc1ccc([C@@H](O)[C@H]2COCC(=O)N2CC(C)C)cc1. The average Bonchev–Trinajstić information content (AvgIpc) is 2.75. The normalized spacial score (nSPS) is 17.7. The molecule has 0 aromatic heterocycles. The number of ether oxygens (including phenoxy) is 2. The number of hydrogen-bond donors (Lipinski definition) is 2. The molecule has 1 aliphatic rings. The molecule has 0 bridgehead atoms. The molecule has 30 heavy (non-hydrogen) atoms. The Kier molecular flexibility index (Phi) is 7.07. The van der Waals surface area contributed by atoms with Crippen molar-refractivity contribution in [2.75, 3.05) is 32.2 Å². The first-order valence-electron chi connectivity index (χ1n) is 10.00. The van der Waals surface area contributed by atoms with Gasteiger partial charge in [0.05, 0.1) is 25.3 Å². The van der Waals surface area contributed by atoms with Crippen molar-refractivity contribution in [3.63, 3.8) is 0 Å². The van der Waals surface area contributed by atoms with Crippen molar-refractivity contribution in [3.8, 4) is 5.75 Å². The number of hydrogen-bond acceptors (Lipinski definition) is 5. The van der Waals surface area contributed by atoms with Crippen molar-refractivity contribution in [3.05, 3.63) is 59.7 Å². The number of benzene rings is 2. The van der Waals surface area contributed by atoms with Gasteiger partial charge in [-0.25, -0.2) is 0 Å². The minimum atomic E-state index is -0.882. The molecule has 2 amide bonds. The lowest BCUT2D eigenvalue weighted by atomic mass is 9.99. The van der Waals surface area contributed by atoms with Crippen molar-refractivity contribution in [1.82, 2.24) is 4.90 Å². The van der Waals surface area contributed by atoms with Gasteiger partial charge in [-0.3, -0.25) is 9.59 Å². The molecule has 3 rings (SSSR count). The highest BCUT2D eigenvalue weighted by Crippen LogP contribution is 2.26. The summed E-state index contributed by atoms with van der Waals surface area (Å²) in [5.41, 5.74) is 1.69. The van der Waals surface area contributed by atoms with E-state index in [4.69, 9.17) is 9.47 Å². The Hall–Kier alpha value is -2.90. The van der Waals surface area contributed by atoms with Crippen LogP contribution < -0.4 is 10.1 Å². The van der Waals surface area contributed by atoms with Crippen molar-refractivity contribution in [2.24, 2.45) is 5.92 Å². The van der Waals surface area contributed by atoms with E-state index in [1.54, 1.807) is 53.4 Å². The van der Waals surface area contributed by atoms with Crippen LogP contribution in [0.4, 0.5) is 5.69 Å². The summed E-state index contributed by atoms with van der Waals surface area (Å²) < 4.78 is 10.6. The number of aliphatic hydroxyl groups excluding tert-OH is 1. The highest BCUT2D eigenvalue weighted by atomic mass is 16.5. The molecular weight excluding hydrogens is 384 g/mol. The third kappa shape index (κ3) is 4.98. The van der Waals surface area contributed by atoms with E-state index in [9.17, 15) is 14.7 Å². The summed E-state index contributed by atoms with van der Waals surface area (Å²) in [5.74, 6) is 0.387. The number of rotatable bonds is 7. The van der Waals surface area contributed by atoms with Gasteiger partial charge in [0.1, 0.15) is 18.5 Å². The third-order valence-corrected chi connectivity index (χ3v) is 5.02. The number of morpholine rings is 1. The third-order valence-electron chi connectivity index (χ3n) is 5.02. The highest BCUT2D eigenvalue weighted by molar-refractivity contribution is 6.06. The van der Waals surface area contributed by atoms with Crippen LogP contribution >= 0.6 is 0 Å². The second-order valence-electron chi connectivity index (χ2n) is 7.74. The van der Waals surface area contributed by atoms with Gasteiger partial charge < -0.3 is 24.8 Å². The fourth-order valence-corrected chi connectivity index (χ4v) is 3.53. The zero-order chi connectivity index (χ0) is 21.7. The highest BCUT2D eigenvalue weighted by Gasteiger charge is 2.34. The van der Waals surface area contributed by atoms with Crippen LogP contribution in [0.1, 0.15) is 35.9 Å². The topological polar surface area (TPSA) is 88.1 Å². The lowest BCUT2D eigenvalue weighted by Gasteiger charge is -2.39. The quantitative estimate of drug-likeness (QED) is 0.730. The van der Waals surface area contributed by atoms with Gasteiger partial charge in [0.15, 0.2) is 0 Å². The smallest absolute Gasteiger partial charge is 0.259 e.